The van der Waals surface area contributed by atoms with Gasteiger partial charge in [0, 0.05) is 16.8 Å². The Hall–Kier alpha value is -2.27. The minimum atomic E-state index is -0.456. The van der Waals surface area contributed by atoms with Gasteiger partial charge < -0.3 is 15.8 Å². The number of benzene rings is 2. The highest BCUT2D eigenvalue weighted by Crippen LogP contribution is 2.26. The molecule has 0 bridgehead atoms. The van der Waals surface area contributed by atoms with Crippen LogP contribution < -0.4 is 15.8 Å². The van der Waals surface area contributed by atoms with Crippen LogP contribution in [0.15, 0.2) is 36.4 Å². The number of carbonyl (C=O) groups excluding carboxylic acids is 1. The second kappa shape index (κ2) is 5.79. The standard InChI is InChI=1S/C14H12ClFN2O2/c1-20-13-7-9(16)3-5-12(13)18-14(19)10-6-8(15)2-4-11(10)17/h2-7H,17H2,1H3,(H,18,19). The third-order valence-electron chi connectivity index (χ3n) is 2.67. The van der Waals surface area contributed by atoms with Crippen molar-refractivity contribution in [2.24, 2.45) is 0 Å². The van der Waals surface area contributed by atoms with Crippen molar-refractivity contribution in [3.05, 3.63) is 52.8 Å². The van der Waals surface area contributed by atoms with E-state index in [2.05, 4.69) is 5.32 Å². The monoisotopic (exact) mass is 294 g/mol. The molecule has 104 valence electrons. The molecule has 0 aliphatic carbocycles. The molecule has 4 nitrogen and oxygen atoms in total. The molecule has 20 heavy (non-hydrogen) atoms. The molecule has 0 spiro atoms. The number of nitrogens with one attached hydrogen (secondary N) is 1. The van der Waals surface area contributed by atoms with Gasteiger partial charge in [0.15, 0.2) is 0 Å². The molecule has 6 heteroatoms. The number of rotatable bonds is 3. The summed E-state index contributed by atoms with van der Waals surface area (Å²) in [5.41, 5.74) is 6.61. The van der Waals surface area contributed by atoms with Gasteiger partial charge in [0.2, 0.25) is 0 Å². The number of methoxy groups -OCH3 is 1. The Morgan fingerprint density at radius 2 is 2.05 bits per heavy atom. The van der Waals surface area contributed by atoms with Crippen molar-refractivity contribution in [3.63, 3.8) is 0 Å². The number of ether oxygens (including phenoxy) is 1. The van der Waals surface area contributed by atoms with Crippen molar-refractivity contribution in [2.75, 3.05) is 18.2 Å². The molecule has 0 aliphatic heterocycles. The lowest BCUT2D eigenvalue weighted by Crippen LogP contribution is -2.14. The van der Waals surface area contributed by atoms with Crippen molar-refractivity contribution < 1.29 is 13.9 Å². The predicted molar refractivity (Wildman–Crippen MR) is 76.8 cm³/mol. The molecule has 0 unspecified atom stereocenters. The Labute approximate surface area is 120 Å². The van der Waals surface area contributed by atoms with E-state index >= 15 is 0 Å². The fourth-order valence-electron chi connectivity index (χ4n) is 1.68. The van der Waals surface area contributed by atoms with Gasteiger partial charge in [0.25, 0.3) is 5.91 Å². The van der Waals surface area contributed by atoms with Gasteiger partial charge >= 0.3 is 0 Å². The van der Waals surface area contributed by atoms with Crippen LogP contribution in [0.2, 0.25) is 5.02 Å². The second-order valence-electron chi connectivity index (χ2n) is 4.03. The van der Waals surface area contributed by atoms with Gasteiger partial charge in [-0.05, 0) is 30.3 Å². The summed E-state index contributed by atoms with van der Waals surface area (Å²) in [4.78, 5) is 12.1. The predicted octanol–water partition coefficient (Wildman–Crippen LogP) is 3.32. The van der Waals surface area contributed by atoms with Gasteiger partial charge in [0.05, 0.1) is 18.4 Å². The topological polar surface area (TPSA) is 64.3 Å². The molecule has 0 radical (unpaired) electrons. The average Bonchev–Trinajstić information content (AvgIpc) is 2.43. The molecule has 0 heterocycles. The van der Waals surface area contributed by atoms with E-state index in [-0.39, 0.29) is 11.3 Å². The molecule has 0 saturated carbocycles. The summed E-state index contributed by atoms with van der Waals surface area (Å²) >= 11 is 5.83. The molecule has 1 amide bonds. The van der Waals surface area contributed by atoms with E-state index < -0.39 is 11.7 Å². The summed E-state index contributed by atoms with van der Waals surface area (Å²) in [6, 6.07) is 8.40. The third kappa shape index (κ3) is 3.00. The minimum absolute atomic E-state index is 0.221. The first-order chi connectivity index (χ1) is 9.51. The van der Waals surface area contributed by atoms with Gasteiger partial charge in [-0.1, -0.05) is 11.6 Å². The molecule has 0 atom stereocenters. The van der Waals surface area contributed by atoms with Crippen molar-refractivity contribution in [1.82, 2.24) is 0 Å². The third-order valence-corrected chi connectivity index (χ3v) is 2.91. The SMILES string of the molecule is COc1cc(F)ccc1NC(=O)c1cc(Cl)ccc1N. The van der Waals surface area contributed by atoms with E-state index in [0.717, 1.165) is 0 Å². The van der Waals surface area contributed by atoms with Gasteiger partial charge in [0.1, 0.15) is 11.6 Å². The average molecular weight is 295 g/mol. The van der Waals surface area contributed by atoms with E-state index in [1.54, 1.807) is 12.1 Å². The van der Waals surface area contributed by atoms with Gasteiger partial charge in [-0.2, -0.15) is 0 Å². The van der Waals surface area contributed by atoms with Crippen molar-refractivity contribution in [3.8, 4) is 5.75 Å². The lowest BCUT2D eigenvalue weighted by atomic mass is 10.1. The first-order valence-corrected chi connectivity index (χ1v) is 6.09. The molecule has 3 N–H and O–H groups in total. The van der Waals surface area contributed by atoms with E-state index in [1.807, 2.05) is 0 Å². The Balaban J connectivity index is 2.30. The number of hydrogen-bond acceptors (Lipinski definition) is 3. The number of amides is 1. The number of hydrogen-bond donors (Lipinski definition) is 2. The van der Waals surface area contributed by atoms with Crippen LogP contribution in [-0.4, -0.2) is 13.0 Å². The first-order valence-electron chi connectivity index (χ1n) is 5.71. The highest BCUT2D eigenvalue weighted by molar-refractivity contribution is 6.31. The van der Waals surface area contributed by atoms with Crippen LogP contribution in [0.5, 0.6) is 5.75 Å². The molecule has 2 aromatic rings. The fraction of sp³-hybridized carbons (Fsp3) is 0.0714. The van der Waals surface area contributed by atoms with Crippen LogP contribution in [0, 0.1) is 5.82 Å². The van der Waals surface area contributed by atoms with E-state index in [4.69, 9.17) is 22.1 Å². The molecular formula is C14H12ClFN2O2. The van der Waals surface area contributed by atoms with Crippen LogP contribution >= 0.6 is 11.6 Å². The van der Waals surface area contributed by atoms with E-state index in [0.29, 0.717) is 16.4 Å². The van der Waals surface area contributed by atoms with E-state index in [1.165, 1.54) is 31.4 Å². The maximum Gasteiger partial charge on any atom is 0.257 e. The molecule has 2 rings (SSSR count). The summed E-state index contributed by atoms with van der Waals surface area (Å²) in [6.07, 6.45) is 0. The zero-order valence-corrected chi connectivity index (χ0v) is 11.4. The van der Waals surface area contributed by atoms with Gasteiger partial charge in [-0.15, -0.1) is 0 Å². The summed E-state index contributed by atoms with van der Waals surface area (Å²) in [7, 11) is 1.39. The minimum Gasteiger partial charge on any atom is -0.494 e. The van der Waals surface area contributed by atoms with Crippen LogP contribution in [0.3, 0.4) is 0 Å². The van der Waals surface area contributed by atoms with Crippen molar-refractivity contribution >= 4 is 28.9 Å². The Morgan fingerprint density at radius 3 is 2.75 bits per heavy atom. The largest absolute Gasteiger partial charge is 0.494 e. The summed E-state index contributed by atoms with van der Waals surface area (Å²) < 4.78 is 18.1. The number of halogens is 2. The lowest BCUT2D eigenvalue weighted by molar-refractivity contribution is 0.102. The number of carbonyl (C=O) groups is 1. The molecule has 0 aliphatic rings. The van der Waals surface area contributed by atoms with Crippen LogP contribution in [0.4, 0.5) is 15.8 Å². The van der Waals surface area contributed by atoms with E-state index in [9.17, 15) is 9.18 Å². The maximum absolute atomic E-state index is 13.1. The van der Waals surface area contributed by atoms with Gasteiger partial charge in [-0.25, -0.2) is 4.39 Å². The van der Waals surface area contributed by atoms with Crippen molar-refractivity contribution in [1.29, 1.82) is 0 Å². The highest BCUT2D eigenvalue weighted by Gasteiger charge is 2.13. The maximum atomic E-state index is 13.1. The smallest absolute Gasteiger partial charge is 0.257 e. The quantitative estimate of drug-likeness (QED) is 0.854. The summed E-state index contributed by atoms with van der Waals surface area (Å²) in [5, 5.41) is 3.00. The lowest BCUT2D eigenvalue weighted by Gasteiger charge is -2.11. The molecule has 0 aromatic heterocycles. The zero-order valence-electron chi connectivity index (χ0n) is 10.6. The van der Waals surface area contributed by atoms with Crippen LogP contribution in [0.25, 0.3) is 0 Å². The number of nitrogen functional groups attached to an aromatic ring is 1. The van der Waals surface area contributed by atoms with Crippen molar-refractivity contribution in [2.45, 2.75) is 0 Å². The molecule has 0 saturated heterocycles. The van der Waals surface area contributed by atoms with Crippen LogP contribution in [-0.2, 0) is 0 Å². The number of anilines is 2. The van der Waals surface area contributed by atoms with Crippen LogP contribution in [0.1, 0.15) is 10.4 Å². The molecule has 2 aromatic carbocycles. The summed E-state index contributed by atoms with van der Waals surface area (Å²) in [6.45, 7) is 0. The Kier molecular flexibility index (Phi) is 4.10. The zero-order chi connectivity index (χ0) is 14.7. The Morgan fingerprint density at radius 1 is 1.30 bits per heavy atom. The normalized spacial score (nSPS) is 10.2. The highest BCUT2D eigenvalue weighted by atomic mass is 35.5. The number of nitrogens with two attached hydrogens (primary N) is 1. The second-order valence-corrected chi connectivity index (χ2v) is 4.47. The Bertz CT molecular complexity index is 662. The molecule has 0 fully saturated rings. The first kappa shape index (κ1) is 14.1. The molecular weight excluding hydrogens is 283 g/mol. The summed E-state index contributed by atoms with van der Waals surface area (Å²) in [5.74, 6) is -0.684. The fourth-order valence-corrected chi connectivity index (χ4v) is 1.86. The van der Waals surface area contributed by atoms with Gasteiger partial charge in [-0.3, -0.25) is 4.79 Å².